The van der Waals surface area contributed by atoms with E-state index < -0.39 is 0 Å². The molecule has 0 saturated carbocycles. The van der Waals surface area contributed by atoms with Gasteiger partial charge in [-0.3, -0.25) is 9.59 Å². The van der Waals surface area contributed by atoms with Crippen molar-refractivity contribution in [1.82, 2.24) is 4.98 Å². The van der Waals surface area contributed by atoms with Crippen LogP contribution < -0.4 is 10.2 Å². The Kier molecular flexibility index (Phi) is 4.10. The third-order valence-corrected chi connectivity index (χ3v) is 4.04. The molecule has 5 heteroatoms. The number of hydrogen-bond acceptors (Lipinski definition) is 3. The largest absolute Gasteiger partial charge is 0.311 e. The van der Waals surface area contributed by atoms with E-state index in [4.69, 9.17) is 0 Å². The lowest BCUT2D eigenvalue weighted by molar-refractivity contribution is -0.122. The molecule has 1 atom stereocenters. The lowest BCUT2D eigenvalue weighted by Gasteiger charge is -2.18. The zero-order valence-electron chi connectivity index (χ0n) is 13.2. The number of benzene rings is 1. The number of amides is 2. The fraction of sp³-hybridized carbons (Fsp3) is 0.278. The number of nitrogens with zero attached hydrogens (tertiary/aromatic N) is 2. The second-order valence-electron chi connectivity index (χ2n) is 5.85. The first-order valence-corrected chi connectivity index (χ1v) is 7.65. The van der Waals surface area contributed by atoms with Crippen LogP contribution in [0.1, 0.15) is 17.7 Å². The average Bonchev–Trinajstić information content (AvgIpc) is 2.90. The lowest BCUT2D eigenvalue weighted by atomic mass is 10.1. The predicted octanol–water partition coefficient (Wildman–Crippen LogP) is 2.69. The molecule has 1 aromatic carbocycles. The highest BCUT2D eigenvalue weighted by Crippen LogP contribution is 2.28. The summed E-state index contributed by atoms with van der Waals surface area (Å²) in [6.07, 6.45) is 0.228. The molecule has 1 aromatic heterocycles. The molecule has 0 bridgehead atoms. The minimum atomic E-state index is -0.357. The number of aryl methyl sites for hydroxylation is 2. The van der Waals surface area contributed by atoms with E-state index in [-0.39, 0.29) is 24.2 Å². The van der Waals surface area contributed by atoms with Gasteiger partial charge in [0.15, 0.2) is 0 Å². The number of hydrogen-bond donors (Lipinski definition) is 1. The van der Waals surface area contributed by atoms with Gasteiger partial charge in [-0.15, -0.1) is 0 Å². The van der Waals surface area contributed by atoms with Gasteiger partial charge in [-0.25, -0.2) is 4.98 Å². The van der Waals surface area contributed by atoms with Crippen LogP contribution in [0.2, 0.25) is 0 Å². The van der Waals surface area contributed by atoms with Crippen molar-refractivity contribution in [3.05, 3.63) is 53.7 Å². The number of anilines is 2. The highest BCUT2D eigenvalue weighted by molar-refractivity contribution is 6.03. The Balaban J connectivity index is 1.72. The third kappa shape index (κ3) is 3.23. The minimum absolute atomic E-state index is 0.0170. The molecule has 1 N–H and O–H groups in total. The summed E-state index contributed by atoms with van der Waals surface area (Å²) in [4.78, 5) is 30.6. The molecule has 118 valence electrons. The zero-order chi connectivity index (χ0) is 16.4. The van der Waals surface area contributed by atoms with E-state index in [1.165, 1.54) is 0 Å². The number of aromatic nitrogens is 1. The molecule has 1 aliphatic heterocycles. The summed E-state index contributed by atoms with van der Waals surface area (Å²) in [5.74, 6) is -0.00889. The van der Waals surface area contributed by atoms with Crippen molar-refractivity contribution in [2.45, 2.75) is 20.3 Å². The monoisotopic (exact) mass is 309 g/mol. The third-order valence-electron chi connectivity index (χ3n) is 4.04. The van der Waals surface area contributed by atoms with Crippen molar-refractivity contribution < 1.29 is 9.59 Å². The van der Waals surface area contributed by atoms with Gasteiger partial charge in [0.2, 0.25) is 11.8 Å². The van der Waals surface area contributed by atoms with Crippen LogP contribution in [0, 0.1) is 19.8 Å². The number of carbonyl (C=O) groups excluding carboxylic acids is 2. The number of para-hydroxylation sites is 1. The Bertz CT molecular complexity index is 757. The van der Waals surface area contributed by atoms with E-state index in [0.717, 1.165) is 16.9 Å². The smallest absolute Gasteiger partial charge is 0.230 e. The van der Waals surface area contributed by atoms with Crippen molar-refractivity contribution in [3.8, 4) is 0 Å². The first-order chi connectivity index (χ1) is 11.0. The van der Waals surface area contributed by atoms with Gasteiger partial charge >= 0.3 is 0 Å². The molecule has 2 amide bonds. The van der Waals surface area contributed by atoms with Crippen LogP contribution in [-0.4, -0.2) is 23.3 Å². The van der Waals surface area contributed by atoms with Crippen molar-refractivity contribution in [2.24, 2.45) is 5.92 Å². The van der Waals surface area contributed by atoms with Gasteiger partial charge in [-0.05, 0) is 37.6 Å². The van der Waals surface area contributed by atoms with Crippen molar-refractivity contribution in [1.29, 1.82) is 0 Å². The van der Waals surface area contributed by atoms with Gasteiger partial charge in [0.25, 0.3) is 0 Å². The van der Waals surface area contributed by atoms with Crippen LogP contribution in [-0.2, 0) is 9.59 Å². The summed E-state index contributed by atoms with van der Waals surface area (Å²) in [5, 5.41) is 2.80. The quantitative estimate of drug-likeness (QED) is 0.948. The van der Waals surface area contributed by atoms with Gasteiger partial charge in [0.05, 0.1) is 5.92 Å². The highest BCUT2D eigenvalue weighted by Gasteiger charge is 2.35. The molecule has 0 aliphatic carbocycles. The molecule has 0 radical (unpaired) electrons. The Hall–Kier alpha value is -2.69. The Morgan fingerprint density at radius 2 is 1.96 bits per heavy atom. The first kappa shape index (κ1) is 15.2. The van der Waals surface area contributed by atoms with E-state index in [0.29, 0.717) is 12.4 Å². The normalized spacial score (nSPS) is 17.4. The maximum atomic E-state index is 12.4. The minimum Gasteiger partial charge on any atom is -0.311 e. The molecular weight excluding hydrogens is 290 g/mol. The Morgan fingerprint density at radius 3 is 2.70 bits per heavy atom. The van der Waals surface area contributed by atoms with E-state index >= 15 is 0 Å². The molecular formula is C18H19N3O2. The molecule has 1 saturated heterocycles. The predicted molar refractivity (Wildman–Crippen MR) is 89.2 cm³/mol. The number of nitrogens with one attached hydrogen (secondary N) is 1. The summed E-state index contributed by atoms with van der Waals surface area (Å²) in [6.45, 7) is 4.24. The van der Waals surface area contributed by atoms with Crippen LogP contribution in [0.5, 0.6) is 0 Å². The summed E-state index contributed by atoms with van der Waals surface area (Å²) < 4.78 is 0. The lowest BCUT2D eigenvalue weighted by Crippen LogP contribution is -2.28. The molecule has 1 unspecified atom stereocenters. The van der Waals surface area contributed by atoms with Crippen LogP contribution >= 0.6 is 0 Å². The Labute approximate surface area is 135 Å². The van der Waals surface area contributed by atoms with E-state index in [9.17, 15) is 9.59 Å². The number of pyridine rings is 1. The fourth-order valence-electron chi connectivity index (χ4n) is 2.82. The maximum absolute atomic E-state index is 12.4. The second-order valence-corrected chi connectivity index (χ2v) is 5.85. The van der Waals surface area contributed by atoms with Crippen molar-refractivity contribution in [3.63, 3.8) is 0 Å². The summed E-state index contributed by atoms with van der Waals surface area (Å²) in [6, 6.07) is 13.2. The van der Waals surface area contributed by atoms with Crippen molar-refractivity contribution in [2.75, 3.05) is 16.8 Å². The van der Waals surface area contributed by atoms with Gasteiger partial charge in [-0.1, -0.05) is 24.3 Å². The molecule has 2 heterocycles. The first-order valence-electron chi connectivity index (χ1n) is 7.65. The summed E-state index contributed by atoms with van der Waals surface area (Å²) in [7, 11) is 0. The topological polar surface area (TPSA) is 62.3 Å². The molecule has 3 rings (SSSR count). The molecule has 0 spiro atoms. The van der Waals surface area contributed by atoms with Gasteiger partial charge < -0.3 is 10.2 Å². The van der Waals surface area contributed by atoms with Crippen LogP contribution in [0.3, 0.4) is 0 Å². The zero-order valence-corrected chi connectivity index (χ0v) is 13.2. The average molecular weight is 309 g/mol. The molecule has 2 aromatic rings. The molecule has 1 fully saturated rings. The summed E-state index contributed by atoms with van der Waals surface area (Å²) >= 11 is 0. The molecule has 23 heavy (non-hydrogen) atoms. The van der Waals surface area contributed by atoms with Gasteiger partial charge in [0, 0.05) is 24.3 Å². The van der Waals surface area contributed by atoms with E-state index in [1.807, 2.05) is 50.2 Å². The van der Waals surface area contributed by atoms with Crippen molar-refractivity contribution >= 4 is 23.3 Å². The fourth-order valence-corrected chi connectivity index (χ4v) is 2.82. The van der Waals surface area contributed by atoms with Gasteiger partial charge in [-0.2, -0.15) is 0 Å². The van der Waals surface area contributed by atoms with Crippen LogP contribution in [0.15, 0.2) is 42.5 Å². The van der Waals surface area contributed by atoms with Gasteiger partial charge in [0.1, 0.15) is 5.82 Å². The second kappa shape index (κ2) is 6.20. The van der Waals surface area contributed by atoms with E-state index in [1.54, 1.807) is 11.0 Å². The summed E-state index contributed by atoms with van der Waals surface area (Å²) in [5.41, 5.74) is 2.75. The van der Waals surface area contributed by atoms with E-state index in [2.05, 4.69) is 10.3 Å². The number of rotatable bonds is 3. The standard InChI is InChI=1S/C18H19N3O2/c1-12-6-3-4-8-15(12)21-11-14(10-17(21)22)18(23)20-16-9-5-7-13(2)19-16/h3-9,14H,10-11H2,1-2H3,(H,19,20,23). The van der Waals surface area contributed by atoms with Crippen LogP contribution in [0.25, 0.3) is 0 Å². The maximum Gasteiger partial charge on any atom is 0.230 e. The molecule has 1 aliphatic rings. The SMILES string of the molecule is Cc1cccc(NC(=O)C2CC(=O)N(c3ccccc3C)C2)n1. The number of carbonyl (C=O) groups is 2. The highest BCUT2D eigenvalue weighted by atomic mass is 16.2. The van der Waals surface area contributed by atoms with Crippen LogP contribution in [0.4, 0.5) is 11.5 Å². The molecule has 5 nitrogen and oxygen atoms in total. The Morgan fingerprint density at radius 1 is 1.17 bits per heavy atom.